The number of fused-ring (bicyclic) bond motifs is 2. The highest BCUT2D eigenvalue weighted by molar-refractivity contribution is 5.82. The van der Waals surface area contributed by atoms with Crippen molar-refractivity contribution in [2.45, 2.75) is 46.1 Å². The van der Waals surface area contributed by atoms with Gasteiger partial charge in [0.2, 0.25) is 11.8 Å². The van der Waals surface area contributed by atoms with Gasteiger partial charge in [-0.15, -0.1) is 0 Å². The van der Waals surface area contributed by atoms with Crippen molar-refractivity contribution in [1.82, 2.24) is 9.80 Å². The second-order valence-electron chi connectivity index (χ2n) is 9.39. The quantitative estimate of drug-likeness (QED) is 0.694. The molecule has 3 rings (SSSR count). The van der Waals surface area contributed by atoms with Crippen LogP contribution in [0.5, 0.6) is 11.5 Å². The van der Waals surface area contributed by atoms with Gasteiger partial charge in [0.25, 0.3) is 0 Å². The number of amides is 2. The Kier molecular flexibility index (Phi) is 8.37. The van der Waals surface area contributed by atoms with Gasteiger partial charge in [-0.3, -0.25) is 9.59 Å². The Balaban J connectivity index is 1.81. The third kappa shape index (κ3) is 6.73. The number of aryl methyl sites for hydroxylation is 1. The van der Waals surface area contributed by atoms with Crippen LogP contribution < -0.4 is 9.47 Å². The van der Waals surface area contributed by atoms with Crippen LogP contribution in [0.3, 0.4) is 0 Å². The van der Waals surface area contributed by atoms with E-state index in [-0.39, 0.29) is 18.4 Å². The summed E-state index contributed by atoms with van der Waals surface area (Å²) in [6.07, 6.45) is 2.87. The Hall–Kier alpha value is -3.02. The maximum atomic E-state index is 13.1. The molecule has 2 aromatic rings. The normalized spacial score (nSPS) is 17.2. The summed E-state index contributed by atoms with van der Waals surface area (Å²) in [5, 5.41) is 0. The zero-order valence-corrected chi connectivity index (χ0v) is 20.3. The average molecular weight is 453 g/mol. The van der Waals surface area contributed by atoms with Gasteiger partial charge >= 0.3 is 0 Å². The molecule has 0 saturated heterocycles. The van der Waals surface area contributed by atoms with E-state index in [9.17, 15) is 9.59 Å². The van der Waals surface area contributed by atoms with E-state index in [1.165, 1.54) is 0 Å². The lowest BCUT2D eigenvalue weighted by molar-refractivity contribution is -0.140. The lowest BCUT2D eigenvalue weighted by atomic mass is 9.92. The van der Waals surface area contributed by atoms with Crippen molar-refractivity contribution in [1.29, 1.82) is 0 Å². The van der Waals surface area contributed by atoms with Gasteiger partial charge in [0.05, 0.1) is 12.5 Å². The summed E-state index contributed by atoms with van der Waals surface area (Å²) in [4.78, 5) is 29.8. The highest BCUT2D eigenvalue weighted by Gasteiger charge is 2.32. The monoisotopic (exact) mass is 452 g/mol. The lowest BCUT2D eigenvalue weighted by Gasteiger charge is -2.30. The fraction of sp³-hybridized carbons (Fsp3) is 0.481. The predicted molar refractivity (Wildman–Crippen MR) is 129 cm³/mol. The standard InChI is InChI=1S/C27H36N2O4/c1-27(2)20-33-24-18-22(12-14-23(24)32-4)19-29(17-9-8-16-28(3)26(27)31)25(30)15-13-21-10-6-5-7-11-21/h5-7,10-12,14,18H,8-9,13,15-17,19-20H2,1-4H3. The number of carbonyl (C=O) groups is 2. The SMILES string of the molecule is COc1ccc2cc1OCC(C)(C)C(=O)N(C)CCCCN(C(=O)CCc1ccccc1)C2. The van der Waals surface area contributed by atoms with Gasteiger partial charge in [0, 0.05) is 33.1 Å². The Morgan fingerprint density at radius 3 is 2.55 bits per heavy atom. The van der Waals surface area contributed by atoms with Gasteiger partial charge in [-0.05, 0) is 56.4 Å². The van der Waals surface area contributed by atoms with E-state index in [0.717, 1.165) is 30.4 Å². The van der Waals surface area contributed by atoms with Crippen LogP contribution in [-0.2, 0) is 22.6 Å². The molecule has 0 aliphatic carbocycles. The molecular formula is C27H36N2O4. The minimum atomic E-state index is -0.653. The number of carbonyl (C=O) groups excluding carboxylic acids is 2. The Bertz CT molecular complexity index is 942. The second kappa shape index (κ2) is 11.2. The fourth-order valence-corrected chi connectivity index (χ4v) is 4.09. The van der Waals surface area contributed by atoms with E-state index in [2.05, 4.69) is 12.1 Å². The van der Waals surface area contributed by atoms with Crippen molar-refractivity contribution < 1.29 is 19.1 Å². The summed E-state index contributed by atoms with van der Waals surface area (Å²) in [5.41, 5.74) is 1.49. The molecule has 1 heterocycles. The van der Waals surface area contributed by atoms with Crippen LogP contribution in [0.1, 0.15) is 44.2 Å². The molecule has 178 valence electrons. The van der Waals surface area contributed by atoms with Crippen molar-refractivity contribution in [3.05, 3.63) is 59.7 Å². The van der Waals surface area contributed by atoms with Gasteiger partial charge in [0.1, 0.15) is 6.61 Å². The van der Waals surface area contributed by atoms with Gasteiger partial charge < -0.3 is 19.3 Å². The molecule has 6 heteroatoms. The zero-order chi connectivity index (χ0) is 23.8. The van der Waals surface area contributed by atoms with Crippen LogP contribution in [0.2, 0.25) is 0 Å². The molecule has 0 unspecified atom stereocenters. The topological polar surface area (TPSA) is 59.1 Å². The Morgan fingerprint density at radius 1 is 1.09 bits per heavy atom. The third-order valence-corrected chi connectivity index (χ3v) is 6.11. The van der Waals surface area contributed by atoms with Crippen molar-refractivity contribution in [2.24, 2.45) is 5.41 Å². The molecule has 0 atom stereocenters. The van der Waals surface area contributed by atoms with Crippen LogP contribution in [0.15, 0.2) is 48.5 Å². The first-order valence-electron chi connectivity index (χ1n) is 11.7. The van der Waals surface area contributed by atoms with Crippen LogP contribution >= 0.6 is 0 Å². The molecular weight excluding hydrogens is 416 g/mol. The third-order valence-electron chi connectivity index (χ3n) is 6.11. The van der Waals surface area contributed by atoms with E-state index < -0.39 is 5.41 Å². The van der Waals surface area contributed by atoms with Gasteiger partial charge in [-0.1, -0.05) is 36.4 Å². The number of hydrogen-bond donors (Lipinski definition) is 0. The second-order valence-corrected chi connectivity index (χ2v) is 9.39. The Morgan fingerprint density at radius 2 is 1.82 bits per heavy atom. The number of ether oxygens (including phenoxy) is 2. The Labute approximate surface area is 197 Å². The first-order chi connectivity index (χ1) is 15.8. The molecule has 0 aromatic heterocycles. The molecule has 2 bridgehead atoms. The van der Waals surface area contributed by atoms with E-state index >= 15 is 0 Å². The van der Waals surface area contributed by atoms with Gasteiger partial charge in [-0.2, -0.15) is 0 Å². The van der Waals surface area contributed by atoms with Crippen LogP contribution in [0, 0.1) is 5.41 Å². The van der Waals surface area contributed by atoms with Crippen LogP contribution in [-0.4, -0.2) is 55.5 Å². The predicted octanol–water partition coefficient (Wildman–Crippen LogP) is 4.31. The maximum absolute atomic E-state index is 13.1. The van der Waals surface area contributed by atoms with Crippen molar-refractivity contribution in [3.8, 4) is 11.5 Å². The fourth-order valence-electron chi connectivity index (χ4n) is 4.09. The van der Waals surface area contributed by atoms with E-state index in [0.29, 0.717) is 37.6 Å². The van der Waals surface area contributed by atoms with E-state index in [1.54, 1.807) is 12.0 Å². The van der Waals surface area contributed by atoms with Crippen LogP contribution in [0.4, 0.5) is 0 Å². The molecule has 0 spiro atoms. The van der Waals surface area contributed by atoms with Gasteiger partial charge in [-0.25, -0.2) is 0 Å². The number of methoxy groups -OCH3 is 1. The summed E-state index contributed by atoms with van der Waals surface area (Å²) in [7, 11) is 3.43. The minimum Gasteiger partial charge on any atom is -0.493 e. The first-order valence-corrected chi connectivity index (χ1v) is 11.7. The van der Waals surface area contributed by atoms with Gasteiger partial charge in [0.15, 0.2) is 11.5 Å². The first kappa shape index (κ1) is 24.6. The highest BCUT2D eigenvalue weighted by Crippen LogP contribution is 2.31. The van der Waals surface area contributed by atoms with E-state index in [4.69, 9.17) is 9.47 Å². The summed E-state index contributed by atoms with van der Waals surface area (Å²) in [6, 6.07) is 15.8. The molecule has 1 aliphatic heterocycles. The summed E-state index contributed by atoms with van der Waals surface area (Å²) >= 11 is 0. The van der Waals surface area contributed by atoms with Crippen LogP contribution in [0.25, 0.3) is 0 Å². The smallest absolute Gasteiger partial charge is 0.231 e. The molecule has 0 saturated carbocycles. The molecule has 0 radical (unpaired) electrons. The van der Waals surface area contributed by atoms with Crippen molar-refractivity contribution in [2.75, 3.05) is 33.9 Å². The molecule has 6 nitrogen and oxygen atoms in total. The maximum Gasteiger partial charge on any atom is 0.231 e. The summed E-state index contributed by atoms with van der Waals surface area (Å²) in [5.74, 6) is 1.39. The van der Waals surface area contributed by atoms with Crippen molar-refractivity contribution in [3.63, 3.8) is 0 Å². The summed E-state index contributed by atoms with van der Waals surface area (Å²) in [6.45, 7) is 5.88. The number of hydrogen-bond acceptors (Lipinski definition) is 4. The number of benzene rings is 2. The largest absolute Gasteiger partial charge is 0.493 e. The molecule has 2 aromatic carbocycles. The zero-order valence-electron chi connectivity index (χ0n) is 20.3. The molecule has 2 amide bonds. The molecule has 0 N–H and O–H groups in total. The lowest BCUT2D eigenvalue weighted by Crippen LogP contribution is -2.42. The van der Waals surface area contributed by atoms with Crippen molar-refractivity contribution >= 4 is 11.8 Å². The number of rotatable bonds is 4. The molecule has 1 aliphatic rings. The van der Waals surface area contributed by atoms with E-state index in [1.807, 2.05) is 62.2 Å². The number of nitrogens with zero attached hydrogens (tertiary/aromatic N) is 2. The average Bonchev–Trinajstić information content (AvgIpc) is 2.82. The minimum absolute atomic E-state index is 0.0467. The summed E-state index contributed by atoms with van der Waals surface area (Å²) < 4.78 is 11.5. The molecule has 0 fully saturated rings. The molecule has 33 heavy (non-hydrogen) atoms. The highest BCUT2D eigenvalue weighted by atomic mass is 16.5.